The molecule has 3 unspecified atom stereocenters. The number of allylic oxidation sites excluding steroid dienone is 1. The fraction of sp³-hybridized carbons (Fsp3) is 0.450. The Morgan fingerprint density at radius 3 is 2.76 bits per heavy atom. The summed E-state index contributed by atoms with van der Waals surface area (Å²) in [6.07, 6.45) is 7.23. The Morgan fingerprint density at radius 2 is 2.07 bits per heavy atom. The molecule has 0 aromatic carbocycles. The highest BCUT2D eigenvalue weighted by atomic mass is 35.5. The van der Waals surface area contributed by atoms with Gasteiger partial charge < -0.3 is 25.0 Å². The highest BCUT2D eigenvalue weighted by Gasteiger charge is 2.37. The van der Waals surface area contributed by atoms with Crippen LogP contribution in [0.25, 0.3) is 11.0 Å². The first kappa shape index (κ1) is 19.7. The van der Waals surface area contributed by atoms with Gasteiger partial charge >= 0.3 is 6.16 Å². The van der Waals surface area contributed by atoms with E-state index in [9.17, 15) is 9.59 Å². The van der Waals surface area contributed by atoms with E-state index in [4.69, 9.17) is 20.6 Å². The molecule has 3 atom stereocenters. The molecule has 1 aliphatic heterocycles. The first-order valence-electron chi connectivity index (χ1n) is 9.65. The second-order valence-electron chi connectivity index (χ2n) is 7.94. The lowest BCUT2D eigenvalue weighted by atomic mass is 9.83. The van der Waals surface area contributed by atoms with Crippen molar-refractivity contribution < 1.29 is 14.6 Å². The molecule has 2 fully saturated rings. The van der Waals surface area contributed by atoms with Crippen molar-refractivity contribution in [3.05, 3.63) is 40.7 Å². The van der Waals surface area contributed by atoms with Crippen molar-refractivity contribution in [3.63, 3.8) is 0 Å². The van der Waals surface area contributed by atoms with Crippen LogP contribution in [-0.4, -0.2) is 39.9 Å². The molecule has 1 saturated carbocycles. The summed E-state index contributed by atoms with van der Waals surface area (Å²) in [5.41, 5.74) is 6.39. The second-order valence-corrected chi connectivity index (χ2v) is 7.94. The number of carbonyl (C=O) groups is 1. The number of aromatic nitrogens is 2. The third-order valence-electron chi connectivity index (χ3n) is 6.07. The minimum atomic E-state index is -1.49. The number of nitrogens with zero attached hydrogens (tertiary/aromatic N) is 3. The van der Waals surface area contributed by atoms with Crippen LogP contribution in [0.5, 0.6) is 5.75 Å². The largest absolute Gasteiger partial charge is 0.511 e. The number of halogens is 1. The van der Waals surface area contributed by atoms with Gasteiger partial charge in [0.2, 0.25) is 5.43 Å². The van der Waals surface area contributed by atoms with E-state index in [0.29, 0.717) is 22.9 Å². The summed E-state index contributed by atoms with van der Waals surface area (Å²) in [4.78, 5) is 30.6. The van der Waals surface area contributed by atoms with Crippen LogP contribution in [0.2, 0.25) is 0 Å². The molecule has 0 bridgehead atoms. The summed E-state index contributed by atoms with van der Waals surface area (Å²) in [7, 11) is 0. The van der Waals surface area contributed by atoms with Gasteiger partial charge in [-0.1, -0.05) is 12.2 Å². The molecule has 5 rings (SSSR count). The smallest absolute Gasteiger partial charge is 0.449 e. The van der Waals surface area contributed by atoms with Crippen molar-refractivity contribution in [1.82, 2.24) is 9.55 Å². The SMILES string of the molecule is Cl.NC1C=CCC2CN(c3ccc4c(=O)c(OC(=O)O)cn(C5CC5)c4n3)CC12. The number of rotatable bonds is 3. The molecule has 8 nitrogen and oxygen atoms in total. The number of ether oxygens (including phenoxy) is 1. The zero-order chi connectivity index (χ0) is 19.4. The maximum atomic E-state index is 12.7. The summed E-state index contributed by atoms with van der Waals surface area (Å²) < 4.78 is 6.59. The van der Waals surface area contributed by atoms with Crippen LogP contribution in [0.1, 0.15) is 25.3 Å². The van der Waals surface area contributed by atoms with Gasteiger partial charge in [0.15, 0.2) is 5.75 Å². The highest BCUT2D eigenvalue weighted by molar-refractivity contribution is 5.85. The average molecular weight is 419 g/mol. The molecule has 0 amide bonds. The molecule has 2 aliphatic carbocycles. The standard InChI is InChI=1S/C20H22N4O4.ClH/c21-15-3-1-2-11-8-23(9-14(11)15)17-7-6-13-18(25)16(28-20(26)27)10-24(12-4-5-12)19(13)22-17;/h1,3,6-7,10-12,14-15H,2,4-5,8-9,21H2,(H,26,27);1H. The van der Waals surface area contributed by atoms with E-state index in [1.54, 1.807) is 6.07 Å². The van der Waals surface area contributed by atoms with Crippen LogP contribution >= 0.6 is 12.4 Å². The van der Waals surface area contributed by atoms with Gasteiger partial charge in [-0.3, -0.25) is 4.79 Å². The van der Waals surface area contributed by atoms with Crippen molar-refractivity contribution in [2.75, 3.05) is 18.0 Å². The summed E-state index contributed by atoms with van der Waals surface area (Å²) in [6, 6.07) is 3.86. The number of nitrogens with two attached hydrogens (primary N) is 1. The molecule has 3 N–H and O–H groups in total. The molecule has 2 aromatic rings. The molecule has 9 heteroatoms. The highest BCUT2D eigenvalue weighted by Crippen LogP contribution is 2.38. The Morgan fingerprint density at radius 1 is 1.28 bits per heavy atom. The van der Waals surface area contributed by atoms with Crippen molar-refractivity contribution in [2.45, 2.75) is 31.3 Å². The number of pyridine rings is 2. The average Bonchev–Trinajstić information content (AvgIpc) is 3.41. The van der Waals surface area contributed by atoms with Gasteiger partial charge in [-0.2, -0.15) is 0 Å². The molecule has 0 spiro atoms. The van der Waals surface area contributed by atoms with E-state index in [2.05, 4.69) is 17.1 Å². The van der Waals surface area contributed by atoms with Gasteiger partial charge in [0.1, 0.15) is 11.5 Å². The molecular weight excluding hydrogens is 396 g/mol. The number of fused-ring (bicyclic) bond motifs is 2. The minimum absolute atomic E-state index is 0. The first-order chi connectivity index (χ1) is 13.5. The number of hydrogen-bond donors (Lipinski definition) is 2. The van der Waals surface area contributed by atoms with Crippen molar-refractivity contribution in [3.8, 4) is 5.75 Å². The van der Waals surface area contributed by atoms with Crippen LogP contribution in [0.15, 0.2) is 35.3 Å². The number of hydrogen-bond acceptors (Lipinski definition) is 6. The van der Waals surface area contributed by atoms with Gasteiger partial charge in [0.25, 0.3) is 0 Å². The quantitative estimate of drug-likeness (QED) is 0.582. The Balaban J connectivity index is 0.00000205. The van der Waals surface area contributed by atoms with Crippen LogP contribution in [0.4, 0.5) is 10.6 Å². The third-order valence-corrected chi connectivity index (χ3v) is 6.07. The van der Waals surface area contributed by atoms with Gasteiger partial charge in [-0.05, 0) is 43.2 Å². The fourth-order valence-electron chi connectivity index (χ4n) is 4.49. The van der Waals surface area contributed by atoms with Gasteiger partial charge in [-0.15, -0.1) is 12.4 Å². The van der Waals surface area contributed by atoms with E-state index in [-0.39, 0.29) is 30.2 Å². The molecule has 1 saturated heterocycles. The lowest BCUT2D eigenvalue weighted by Crippen LogP contribution is -2.35. The van der Waals surface area contributed by atoms with Crippen LogP contribution < -0.4 is 20.8 Å². The van der Waals surface area contributed by atoms with Crippen molar-refractivity contribution in [1.29, 1.82) is 0 Å². The predicted octanol–water partition coefficient (Wildman–Crippen LogP) is 2.55. The Labute approximate surface area is 173 Å². The normalized spacial score (nSPS) is 25.6. The second kappa shape index (κ2) is 7.35. The van der Waals surface area contributed by atoms with E-state index < -0.39 is 11.6 Å². The summed E-state index contributed by atoms with van der Waals surface area (Å²) in [6.45, 7) is 1.75. The topological polar surface area (TPSA) is 111 Å². The Hall–Kier alpha value is -2.58. The summed E-state index contributed by atoms with van der Waals surface area (Å²) in [5.74, 6) is 1.59. The maximum Gasteiger partial charge on any atom is 0.511 e. The zero-order valence-corrected chi connectivity index (χ0v) is 16.5. The van der Waals surface area contributed by atoms with Crippen molar-refractivity contribution in [2.24, 2.45) is 17.6 Å². The minimum Gasteiger partial charge on any atom is -0.449 e. The van der Waals surface area contributed by atoms with E-state index in [1.807, 2.05) is 10.6 Å². The van der Waals surface area contributed by atoms with Crippen molar-refractivity contribution >= 4 is 35.4 Å². The molecule has 0 radical (unpaired) electrons. The lowest BCUT2D eigenvalue weighted by molar-refractivity contribution is 0.143. The van der Waals surface area contributed by atoms with Crippen LogP contribution in [0.3, 0.4) is 0 Å². The van der Waals surface area contributed by atoms with Crippen LogP contribution in [-0.2, 0) is 0 Å². The van der Waals surface area contributed by atoms with Gasteiger partial charge in [0.05, 0.1) is 11.6 Å². The third kappa shape index (κ3) is 3.47. The lowest BCUT2D eigenvalue weighted by Gasteiger charge is -2.25. The molecule has 3 heterocycles. The molecular formula is C20H23ClN4O4. The predicted molar refractivity (Wildman–Crippen MR) is 111 cm³/mol. The molecule has 154 valence electrons. The monoisotopic (exact) mass is 418 g/mol. The fourth-order valence-corrected chi connectivity index (χ4v) is 4.49. The van der Waals surface area contributed by atoms with E-state index >= 15 is 0 Å². The van der Waals surface area contributed by atoms with Gasteiger partial charge in [-0.25, -0.2) is 9.78 Å². The maximum absolute atomic E-state index is 12.7. The molecule has 2 aromatic heterocycles. The van der Waals surface area contributed by atoms with E-state index in [1.165, 1.54) is 6.20 Å². The summed E-state index contributed by atoms with van der Waals surface area (Å²) >= 11 is 0. The molecule has 29 heavy (non-hydrogen) atoms. The van der Waals surface area contributed by atoms with E-state index in [0.717, 1.165) is 38.2 Å². The zero-order valence-electron chi connectivity index (χ0n) is 15.7. The number of carboxylic acid groups (broad SMARTS) is 1. The Bertz CT molecular complexity index is 1050. The van der Waals surface area contributed by atoms with Gasteiger partial charge in [0, 0.05) is 25.2 Å². The summed E-state index contributed by atoms with van der Waals surface area (Å²) in [5, 5.41) is 9.29. The van der Waals surface area contributed by atoms with Crippen LogP contribution in [0, 0.1) is 11.8 Å². The first-order valence-corrected chi connectivity index (χ1v) is 9.65. The molecule has 3 aliphatic rings. The number of anilines is 1. The Kier molecular flexibility index (Phi) is 5.00.